The number of halogens is 1. The van der Waals surface area contributed by atoms with Gasteiger partial charge in [-0.05, 0) is 46.9 Å². The number of para-hydroxylation sites is 1. The molecule has 0 amide bonds. The quantitative estimate of drug-likeness (QED) is 0.338. The zero-order chi connectivity index (χ0) is 14.8. The van der Waals surface area contributed by atoms with E-state index in [4.69, 9.17) is 4.18 Å². The van der Waals surface area contributed by atoms with Crippen LogP contribution in [0.5, 0.6) is 5.75 Å². The summed E-state index contributed by atoms with van der Waals surface area (Å²) in [6, 6.07) is 11.4. The fraction of sp³-hybridized carbons (Fsp3) is 0. The first-order valence-corrected chi connectivity index (χ1v) is 7.82. The van der Waals surface area contributed by atoms with Crippen LogP contribution in [-0.4, -0.2) is 13.3 Å². The van der Waals surface area contributed by atoms with Crippen molar-refractivity contribution < 1.29 is 17.5 Å². The Morgan fingerprint density at radius 1 is 1.10 bits per heavy atom. The second-order valence-corrected chi connectivity index (χ2v) is 6.48. The molecule has 0 aromatic heterocycles. The van der Waals surface area contributed by atoms with Crippen LogP contribution in [0.4, 0.5) is 5.69 Å². The smallest absolute Gasteiger partial charge is 0.346 e. The molecule has 0 unspecified atom stereocenters. The van der Waals surface area contributed by atoms with Crippen LogP contribution in [-0.2, 0) is 10.1 Å². The largest absolute Gasteiger partial charge is 0.379 e. The minimum Gasteiger partial charge on any atom is -0.379 e. The van der Waals surface area contributed by atoms with Gasteiger partial charge in [0.25, 0.3) is 5.69 Å². The zero-order valence-corrected chi connectivity index (χ0v) is 12.9. The lowest BCUT2D eigenvalue weighted by atomic mass is 10.3. The molecular weight excluding hydrogens is 397 g/mol. The molecule has 0 aliphatic carbocycles. The molecule has 0 spiro atoms. The molecular formula is C12H8INO5S. The van der Waals surface area contributed by atoms with Crippen LogP contribution in [0.25, 0.3) is 0 Å². The van der Waals surface area contributed by atoms with Gasteiger partial charge in [0, 0.05) is 9.64 Å². The Balaban J connectivity index is 2.44. The van der Waals surface area contributed by atoms with Gasteiger partial charge < -0.3 is 4.18 Å². The van der Waals surface area contributed by atoms with Gasteiger partial charge in [-0.1, -0.05) is 18.2 Å². The number of nitro benzene ring substituents is 1. The fourth-order valence-corrected chi connectivity index (χ4v) is 3.12. The van der Waals surface area contributed by atoms with Crippen molar-refractivity contribution in [1.82, 2.24) is 0 Å². The van der Waals surface area contributed by atoms with Gasteiger partial charge in [0.15, 0.2) is 4.90 Å². The second kappa shape index (κ2) is 5.75. The van der Waals surface area contributed by atoms with Gasteiger partial charge in [0.05, 0.1) is 4.92 Å². The van der Waals surface area contributed by atoms with Crippen molar-refractivity contribution in [3.8, 4) is 5.75 Å². The van der Waals surface area contributed by atoms with Crippen molar-refractivity contribution in [2.24, 2.45) is 0 Å². The summed E-state index contributed by atoms with van der Waals surface area (Å²) >= 11 is 2.01. The Labute approximate surface area is 128 Å². The summed E-state index contributed by atoms with van der Waals surface area (Å²) in [5, 5.41) is 10.9. The molecule has 20 heavy (non-hydrogen) atoms. The molecule has 0 atom stereocenters. The lowest BCUT2D eigenvalue weighted by Crippen LogP contribution is -2.11. The summed E-state index contributed by atoms with van der Waals surface area (Å²) in [5.41, 5.74) is -0.516. The van der Waals surface area contributed by atoms with Gasteiger partial charge in [-0.15, -0.1) is 0 Å². The molecule has 0 saturated carbocycles. The van der Waals surface area contributed by atoms with E-state index in [0.717, 1.165) is 15.7 Å². The molecule has 0 heterocycles. The molecule has 2 aromatic rings. The van der Waals surface area contributed by atoms with Gasteiger partial charge in [0.2, 0.25) is 0 Å². The Morgan fingerprint density at radius 2 is 1.80 bits per heavy atom. The Kier molecular flexibility index (Phi) is 4.23. The standard InChI is InChI=1S/C12H8INO5S/c13-9-4-3-5-10(8-9)19-20(17,18)12-7-2-1-6-11(12)14(15)16/h1-8H. The minimum absolute atomic E-state index is 0.107. The van der Waals surface area contributed by atoms with Crippen LogP contribution < -0.4 is 4.18 Å². The van der Waals surface area contributed by atoms with Crippen molar-refractivity contribution in [2.75, 3.05) is 0 Å². The van der Waals surface area contributed by atoms with Gasteiger partial charge in [0.1, 0.15) is 5.75 Å². The number of nitrogens with zero attached hydrogens (tertiary/aromatic N) is 1. The topological polar surface area (TPSA) is 86.5 Å². The van der Waals surface area contributed by atoms with Crippen molar-refractivity contribution in [2.45, 2.75) is 4.90 Å². The number of rotatable bonds is 4. The SMILES string of the molecule is O=[N+]([O-])c1ccccc1S(=O)(=O)Oc1cccc(I)c1. The van der Waals surface area contributed by atoms with E-state index in [1.54, 1.807) is 12.1 Å². The van der Waals surface area contributed by atoms with E-state index in [2.05, 4.69) is 0 Å². The normalized spacial score (nSPS) is 11.1. The third-order valence-corrected chi connectivity index (χ3v) is 4.30. The lowest BCUT2D eigenvalue weighted by molar-refractivity contribution is -0.387. The molecule has 104 valence electrons. The van der Waals surface area contributed by atoms with Gasteiger partial charge in [-0.2, -0.15) is 8.42 Å². The zero-order valence-electron chi connectivity index (χ0n) is 9.89. The summed E-state index contributed by atoms with van der Waals surface area (Å²) in [6.45, 7) is 0. The number of nitro groups is 1. The average molecular weight is 405 g/mol. The molecule has 0 N–H and O–H groups in total. The summed E-state index contributed by atoms with van der Waals surface area (Å²) < 4.78 is 29.9. The van der Waals surface area contributed by atoms with Crippen LogP contribution in [0.1, 0.15) is 0 Å². The molecule has 2 aromatic carbocycles. The van der Waals surface area contributed by atoms with Crippen molar-refractivity contribution >= 4 is 38.4 Å². The van der Waals surface area contributed by atoms with E-state index in [-0.39, 0.29) is 5.75 Å². The minimum atomic E-state index is -4.25. The van der Waals surface area contributed by atoms with Crippen LogP contribution in [0, 0.1) is 13.7 Å². The second-order valence-electron chi connectivity index (χ2n) is 3.72. The molecule has 0 radical (unpaired) electrons. The van der Waals surface area contributed by atoms with Crippen molar-refractivity contribution in [3.63, 3.8) is 0 Å². The summed E-state index contributed by atoms with van der Waals surface area (Å²) in [5.74, 6) is 0.107. The molecule has 0 aliphatic heterocycles. The maximum atomic E-state index is 12.1. The van der Waals surface area contributed by atoms with Crippen LogP contribution >= 0.6 is 22.6 Å². The lowest BCUT2D eigenvalue weighted by Gasteiger charge is -2.07. The summed E-state index contributed by atoms with van der Waals surface area (Å²) in [4.78, 5) is 9.63. The third kappa shape index (κ3) is 3.25. The predicted molar refractivity (Wildman–Crippen MR) is 80.1 cm³/mol. The Bertz CT molecular complexity index is 760. The Hall–Kier alpha value is -1.68. The highest BCUT2D eigenvalue weighted by molar-refractivity contribution is 14.1. The van der Waals surface area contributed by atoms with E-state index in [0.29, 0.717) is 0 Å². The first-order chi connectivity index (χ1) is 9.40. The van der Waals surface area contributed by atoms with Crippen LogP contribution in [0.15, 0.2) is 53.4 Å². The fourth-order valence-electron chi connectivity index (χ4n) is 1.51. The van der Waals surface area contributed by atoms with Gasteiger partial charge in [-0.25, -0.2) is 0 Å². The summed E-state index contributed by atoms with van der Waals surface area (Å²) in [7, 11) is -4.25. The number of benzene rings is 2. The van der Waals surface area contributed by atoms with Crippen molar-refractivity contribution in [1.29, 1.82) is 0 Å². The van der Waals surface area contributed by atoms with Gasteiger partial charge in [-0.3, -0.25) is 10.1 Å². The number of hydrogen-bond acceptors (Lipinski definition) is 5. The molecule has 0 aliphatic rings. The predicted octanol–water partition coefficient (Wildman–Crippen LogP) is 2.97. The van der Waals surface area contributed by atoms with Crippen molar-refractivity contribution in [3.05, 3.63) is 62.2 Å². The Morgan fingerprint density at radius 3 is 2.45 bits per heavy atom. The maximum absolute atomic E-state index is 12.1. The monoisotopic (exact) mass is 405 g/mol. The van der Waals surface area contributed by atoms with E-state index in [9.17, 15) is 18.5 Å². The van der Waals surface area contributed by atoms with E-state index >= 15 is 0 Å². The molecule has 0 saturated heterocycles. The molecule has 2 rings (SSSR count). The highest BCUT2D eigenvalue weighted by Gasteiger charge is 2.27. The third-order valence-electron chi connectivity index (χ3n) is 2.33. The van der Waals surface area contributed by atoms with E-state index < -0.39 is 25.6 Å². The first-order valence-electron chi connectivity index (χ1n) is 5.33. The van der Waals surface area contributed by atoms with E-state index in [1.807, 2.05) is 22.6 Å². The maximum Gasteiger partial charge on any atom is 0.346 e. The molecule has 0 bridgehead atoms. The highest BCUT2D eigenvalue weighted by Crippen LogP contribution is 2.26. The average Bonchev–Trinajstić information content (AvgIpc) is 2.38. The molecule has 8 heteroatoms. The number of hydrogen-bond donors (Lipinski definition) is 0. The summed E-state index contributed by atoms with van der Waals surface area (Å²) in [6.07, 6.45) is 0. The first kappa shape index (κ1) is 14.7. The molecule has 0 fully saturated rings. The van der Waals surface area contributed by atoms with Gasteiger partial charge >= 0.3 is 10.1 Å². The highest BCUT2D eigenvalue weighted by atomic mass is 127. The molecule has 6 nitrogen and oxygen atoms in total. The van der Waals surface area contributed by atoms with Crippen LogP contribution in [0.2, 0.25) is 0 Å². The van der Waals surface area contributed by atoms with E-state index in [1.165, 1.54) is 24.3 Å². The van der Waals surface area contributed by atoms with Crippen LogP contribution in [0.3, 0.4) is 0 Å².